The van der Waals surface area contributed by atoms with E-state index in [1.165, 1.54) is 11.8 Å². The molecular formula is C13H18N4O2S2. The Labute approximate surface area is 128 Å². The van der Waals surface area contributed by atoms with E-state index >= 15 is 0 Å². The van der Waals surface area contributed by atoms with Gasteiger partial charge in [-0.05, 0) is 18.2 Å². The Hall–Kier alpha value is -1.51. The number of rotatable bonds is 8. The van der Waals surface area contributed by atoms with Crippen molar-refractivity contribution in [1.82, 2.24) is 14.7 Å². The number of hydrogen-bond acceptors (Lipinski definition) is 5. The molecule has 2 aromatic rings. The zero-order valence-electron chi connectivity index (χ0n) is 11.5. The lowest BCUT2D eigenvalue weighted by Crippen LogP contribution is -2.29. The number of nitrogen functional groups attached to an aromatic ring is 1. The fourth-order valence-electron chi connectivity index (χ4n) is 1.71. The molecule has 21 heavy (non-hydrogen) atoms. The van der Waals surface area contributed by atoms with Gasteiger partial charge in [0.2, 0.25) is 10.0 Å². The summed E-state index contributed by atoms with van der Waals surface area (Å²) in [5.74, 6) is 1.33. The van der Waals surface area contributed by atoms with Crippen LogP contribution in [0, 0.1) is 0 Å². The van der Waals surface area contributed by atoms with E-state index in [2.05, 4.69) is 14.7 Å². The molecule has 0 unspecified atom stereocenters. The Morgan fingerprint density at radius 1 is 1.38 bits per heavy atom. The molecule has 1 heterocycles. The van der Waals surface area contributed by atoms with E-state index in [-0.39, 0.29) is 5.75 Å². The highest BCUT2D eigenvalue weighted by Crippen LogP contribution is 2.20. The number of aromatic amines is 1. The van der Waals surface area contributed by atoms with Gasteiger partial charge >= 0.3 is 0 Å². The highest BCUT2D eigenvalue weighted by molar-refractivity contribution is 8.00. The Morgan fingerprint density at radius 2 is 2.24 bits per heavy atom. The summed E-state index contributed by atoms with van der Waals surface area (Å²) in [5, 5.41) is 0. The first-order valence-corrected chi connectivity index (χ1v) is 9.13. The zero-order chi connectivity index (χ0) is 15.1. The van der Waals surface area contributed by atoms with Crippen molar-refractivity contribution in [3.8, 4) is 0 Å². The average molecular weight is 326 g/mol. The molecule has 0 radical (unpaired) electrons. The number of nitrogens with one attached hydrogen (secondary N) is 2. The van der Waals surface area contributed by atoms with Gasteiger partial charge in [0.05, 0.1) is 5.75 Å². The van der Waals surface area contributed by atoms with Crippen LogP contribution in [0.15, 0.2) is 41.6 Å². The standard InChI is InChI=1S/C13H18N4O2S2/c14-11-2-1-3-12(10-11)20-8-9-21(18,19)17-5-4-13-15-6-7-16-13/h1-3,6-7,10,17H,4-5,8-9,14H2,(H,15,16). The summed E-state index contributed by atoms with van der Waals surface area (Å²) in [6.07, 6.45) is 3.91. The largest absolute Gasteiger partial charge is 0.399 e. The molecule has 1 aromatic carbocycles. The maximum Gasteiger partial charge on any atom is 0.212 e. The number of benzene rings is 1. The molecule has 0 amide bonds. The van der Waals surface area contributed by atoms with Crippen LogP contribution in [0.3, 0.4) is 0 Å². The van der Waals surface area contributed by atoms with E-state index in [1.54, 1.807) is 18.5 Å². The molecule has 6 nitrogen and oxygen atoms in total. The summed E-state index contributed by atoms with van der Waals surface area (Å²) in [6, 6.07) is 7.41. The summed E-state index contributed by atoms with van der Waals surface area (Å²) < 4.78 is 26.2. The number of sulfonamides is 1. The Morgan fingerprint density at radius 3 is 2.95 bits per heavy atom. The minimum Gasteiger partial charge on any atom is -0.399 e. The van der Waals surface area contributed by atoms with Gasteiger partial charge in [0, 0.05) is 41.7 Å². The monoisotopic (exact) mass is 326 g/mol. The number of aromatic nitrogens is 2. The molecule has 0 fully saturated rings. The van der Waals surface area contributed by atoms with Gasteiger partial charge in [0.1, 0.15) is 5.82 Å². The first-order valence-electron chi connectivity index (χ1n) is 6.49. The van der Waals surface area contributed by atoms with E-state index in [4.69, 9.17) is 5.73 Å². The zero-order valence-corrected chi connectivity index (χ0v) is 13.1. The van der Waals surface area contributed by atoms with Gasteiger partial charge in [-0.15, -0.1) is 11.8 Å². The van der Waals surface area contributed by atoms with Crippen LogP contribution in [-0.4, -0.2) is 36.4 Å². The SMILES string of the molecule is Nc1cccc(SCCS(=O)(=O)NCCc2ncc[nH]2)c1. The highest BCUT2D eigenvalue weighted by atomic mass is 32.2. The van der Waals surface area contributed by atoms with Gasteiger partial charge in [-0.25, -0.2) is 18.1 Å². The topological polar surface area (TPSA) is 101 Å². The highest BCUT2D eigenvalue weighted by Gasteiger charge is 2.10. The molecule has 1 aromatic heterocycles. The van der Waals surface area contributed by atoms with Crippen molar-refractivity contribution < 1.29 is 8.42 Å². The maximum absolute atomic E-state index is 11.8. The first kappa shape index (κ1) is 15.9. The molecule has 0 saturated carbocycles. The van der Waals surface area contributed by atoms with Crippen molar-refractivity contribution >= 4 is 27.5 Å². The number of hydrogen-bond donors (Lipinski definition) is 3. The van der Waals surface area contributed by atoms with E-state index in [9.17, 15) is 8.42 Å². The van der Waals surface area contributed by atoms with Crippen molar-refractivity contribution in [2.24, 2.45) is 0 Å². The van der Waals surface area contributed by atoms with Crippen LogP contribution in [0.2, 0.25) is 0 Å². The van der Waals surface area contributed by atoms with E-state index in [0.717, 1.165) is 10.7 Å². The molecule has 0 spiro atoms. The minimum atomic E-state index is -3.26. The lowest BCUT2D eigenvalue weighted by Gasteiger charge is -2.06. The number of nitrogens with two attached hydrogens (primary N) is 1. The van der Waals surface area contributed by atoms with Crippen LogP contribution in [0.5, 0.6) is 0 Å². The van der Waals surface area contributed by atoms with Crippen molar-refractivity contribution in [1.29, 1.82) is 0 Å². The molecular weight excluding hydrogens is 308 g/mol. The van der Waals surface area contributed by atoms with Gasteiger partial charge in [0.15, 0.2) is 0 Å². The fourth-order valence-corrected chi connectivity index (χ4v) is 4.10. The minimum absolute atomic E-state index is 0.0740. The average Bonchev–Trinajstić information content (AvgIpc) is 2.91. The molecule has 2 rings (SSSR count). The van der Waals surface area contributed by atoms with Crippen molar-refractivity contribution in [2.75, 3.05) is 23.8 Å². The Balaban J connectivity index is 1.71. The van der Waals surface area contributed by atoms with Gasteiger partial charge in [-0.3, -0.25) is 0 Å². The second kappa shape index (κ2) is 7.48. The molecule has 0 bridgehead atoms. The van der Waals surface area contributed by atoms with Crippen LogP contribution in [0.1, 0.15) is 5.82 Å². The predicted molar refractivity (Wildman–Crippen MR) is 85.7 cm³/mol. The van der Waals surface area contributed by atoms with Gasteiger partial charge < -0.3 is 10.7 Å². The third kappa shape index (κ3) is 5.78. The second-order valence-electron chi connectivity index (χ2n) is 4.42. The van der Waals surface area contributed by atoms with Crippen LogP contribution in [0.25, 0.3) is 0 Å². The first-order chi connectivity index (χ1) is 10.1. The van der Waals surface area contributed by atoms with Crippen LogP contribution in [-0.2, 0) is 16.4 Å². The van der Waals surface area contributed by atoms with Crippen molar-refractivity contribution in [3.05, 3.63) is 42.5 Å². The number of imidazole rings is 1. The van der Waals surface area contributed by atoms with Gasteiger partial charge in [0.25, 0.3) is 0 Å². The summed E-state index contributed by atoms with van der Waals surface area (Å²) in [6.45, 7) is 0.346. The third-order valence-electron chi connectivity index (χ3n) is 2.72. The summed E-state index contributed by atoms with van der Waals surface area (Å²) in [5.41, 5.74) is 6.36. The van der Waals surface area contributed by atoms with Crippen molar-refractivity contribution in [2.45, 2.75) is 11.3 Å². The molecule has 0 aliphatic carbocycles. The number of thioether (sulfide) groups is 1. The second-order valence-corrected chi connectivity index (χ2v) is 7.51. The predicted octanol–water partition coefficient (Wildman–Crippen LogP) is 1.25. The maximum atomic E-state index is 11.8. The summed E-state index contributed by atoms with van der Waals surface area (Å²) in [4.78, 5) is 7.94. The Bertz CT molecular complexity index is 657. The van der Waals surface area contributed by atoms with E-state index in [0.29, 0.717) is 24.4 Å². The number of H-pyrrole nitrogens is 1. The molecule has 114 valence electrons. The molecule has 0 aliphatic rings. The fraction of sp³-hybridized carbons (Fsp3) is 0.308. The summed E-state index contributed by atoms with van der Waals surface area (Å²) in [7, 11) is -3.26. The quantitative estimate of drug-likeness (QED) is 0.500. The smallest absolute Gasteiger partial charge is 0.212 e. The van der Waals surface area contributed by atoms with Crippen molar-refractivity contribution in [3.63, 3.8) is 0 Å². The van der Waals surface area contributed by atoms with Crippen LogP contribution < -0.4 is 10.5 Å². The molecule has 0 aliphatic heterocycles. The lowest BCUT2D eigenvalue weighted by atomic mass is 10.3. The molecule has 0 saturated heterocycles. The third-order valence-corrected chi connectivity index (χ3v) is 5.36. The Kier molecular flexibility index (Phi) is 5.66. The van der Waals surface area contributed by atoms with E-state index < -0.39 is 10.0 Å². The van der Waals surface area contributed by atoms with Crippen LogP contribution in [0.4, 0.5) is 5.69 Å². The van der Waals surface area contributed by atoms with Crippen LogP contribution >= 0.6 is 11.8 Å². The number of anilines is 1. The molecule has 8 heteroatoms. The van der Waals surface area contributed by atoms with E-state index in [1.807, 2.05) is 18.2 Å². The number of nitrogens with zero attached hydrogens (tertiary/aromatic N) is 1. The van der Waals surface area contributed by atoms with Gasteiger partial charge in [-0.1, -0.05) is 6.07 Å². The lowest BCUT2D eigenvalue weighted by molar-refractivity contribution is 0.582. The molecule has 4 N–H and O–H groups in total. The normalized spacial score (nSPS) is 11.6. The van der Waals surface area contributed by atoms with Gasteiger partial charge in [-0.2, -0.15) is 0 Å². The molecule has 0 atom stereocenters. The summed E-state index contributed by atoms with van der Waals surface area (Å²) >= 11 is 1.47.